The molecule has 1 aliphatic carbocycles. The zero-order valence-electron chi connectivity index (χ0n) is 14.6. The maximum Gasteiger partial charge on any atom is 0.228 e. The second-order valence-corrected chi connectivity index (χ2v) is 7.51. The van der Waals surface area contributed by atoms with Gasteiger partial charge in [-0.15, -0.1) is 10.2 Å². The number of rotatable bonds is 8. The van der Waals surface area contributed by atoms with E-state index in [9.17, 15) is 0 Å². The summed E-state index contributed by atoms with van der Waals surface area (Å²) in [6, 6.07) is 8.28. The molecule has 1 aromatic carbocycles. The largest absolute Gasteiger partial charge is 0.497 e. The van der Waals surface area contributed by atoms with Crippen LogP contribution in [0.4, 0.5) is 5.95 Å². The van der Waals surface area contributed by atoms with Gasteiger partial charge in [-0.3, -0.25) is 4.57 Å². The van der Waals surface area contributed by atoms with E-state index in [1.54, 1.807) is 18.9 Å². The Balaban J connectivity index is 1.33. The van der Waals surface area contributed by atoms with Crippen LogP contribution in [0.1, 0.15) is 31.7 Å². The predicted molar refractivity (Wildman–Crippen MR) is 99.0 cm³/mol. The van der Waals surface area contributed by atoms with Crippen molar-refractivity contribution < 1.29 is 9.47 Å². The second-order valence-electron chi connectivity index (χ2n) is 6.45. The number of methoxy groups -OCH3 is 1. The lowest BCUT2D eigenvalue weighted by Gasteiger charge is -2.18. The van der Waals surface area contributed by atoms with Gasteiger partial charge in [0.15, 0.2) is 5.16 Å². The molecule has 0 spiro atoms. The molecule has 6 nitrogen and oxygen atoms in total. The monoisotopic (exact) mass is 360 g/mol. The van der Waals surface area contributed by atoms with Crippen molar-refractivity contribution in [3.8, 4) is 11.5 Å². The first kappa shape index (κ1) is 16.6. The first-order chi connectivity index (χ1) is 12.3. The van der Waals surface area contributed by atoms with E-state index in [2.05, 4.69) is 19.7 Å². The van der Waals surface area contributed by atoms with Crippen LogP contribution in [-0.4, -0.2) is 47.3 Å². The highest BCUT2D eigenvalue weighted by Crippen LogP contribution is 2.41. The fourth-order valence-corrected chi connectivity index (χ4v) is 3.93. The number of nitrogens with zero attached hydrogens (tertiary/aromatic N) is 4. The van der Waals surface area contributed by atoms with E-state index in [1.165, 1.54) is 25.7 Å². The van der Waals surface area contributed by atoms with E-state index in [1.807, 2.05) is 24.3 Å². The molecule has 2 fully saturated rings. The lowest BCUT2D eigenvalue weighted by atomic mass is 10.3. The van der Waals surface area contributed by atoms with Crippen molar-refractivity contribution in [2.75, 3.05) is 37.5 Å². The van der Waals surface area contributed by atoms with Gasteiger partial charge in [-0.1, -0.05) is 11.8 Å². The van der Waals surface area contributed by atoms with Gasteiger partial charge in [0, 0.05) is 24.9 Å². The molecule has 7 heteroatoms. The van der Waals surface area contributed by atoms with Crippen LogP contribution in [-0.2, 0) is 0 Å². The molecule has 0 amide bonds. The number of hydrogen-bond acceptors (Lipinski definition) is 6. The molecule has 4 rings (SSSR count). The summed E-state index contributed by atoms with van der Waals surface area (Å²) in [5.74, 6) is 3.63. The summed E-state index contributed by atoms with van der Waals surface area (Å²) in [6.07, 6.45) is 5.01. The molecule has 2 aromatic rings. The Hall–Kier alpha value is -1.89. The lowest BCUT2D eigenvalue weighted by Crippen LogP contribution is -2.22. The van der Waals surface area contributed by atoms with Gasteiger partial charge in [-0.05, 0) is 49.9 Å². The third-order valence-electron chi connectivity index (χ3n) is 4.59. The molecule has 0 unspecified atom stereocenters. The molecule has 0 N–H and O–H groups in total. The molecule has 1 aliphatic heterocycles. The first-order valence-electron chi connectivity index (χ1n) is 8.94. The molecular weight excluding hydrogens is 336 g/mol. The van der Waals surface area contributed by atoms with E-state index in [-0.39, 0.29) is 0 Å². The summed E-state index contributed by atoms with van der Waals surface area (Å²) >= 11 is 1.73. The highest BCUT2D eigenvalue weighted by atomic mass is 32.2. The van der Waals surface area contributed by atoms with E-state index >= 15 is 0 Å². The van der Waals surface area contributed by atoms with Crippen LogP contribution < -0.4 is 14.4 Å². The third kappa shape index (κ3) is 3.86. The number of ether oxygens (including phenoxy) is 2. The number of hydrogen-bond donors (Lipinski definition) is 0. The maximum absolute atomic E-state index is 5.81. The molecule has 2 aliphatic rings. The normalized spacial score (nSPS) is 17.1. The van der Waals surface area contributed by atoms with Crippen molar-refractivity contribution in [2.45, 2.75) is 36.9 Å². The molecule has 1 saturated carbocycles. The molecule has 2 heterocycles. The van der Waals surface area contributed by atoms with Crippen molar-refractivity contribution in [1.82, 2.24) is 14.8 Å². The molecule has 134 valence electrons. The minimum absolute atomic E-state index is 0.593. The topological polar surface area (TPSA) is 52.4 Å². The Bertz CT molecular complexity index is 694. The van der Waals surface area contributed by atoms with Crippen molar-refractivity contribution in [1.29, 1.82) is 0 Å². The highest BCUT2D eigenvalue weighted by Gasteiger charge is 2.32. The quantitative estimate of drug-likeness (QED) is 0.531. The van der Waals surface area contributed by atoms with Crippen LogP contribution in [0.2, 0.25) is 0 Å². The van der Waals surface area contributed by atoms with Crippen molar-refractivity contribution in [3.63, 3.8) is 0 Å². The Morgan fingerprint density at radius 3 is 2.48 bits per heavy atom. The molecule has 1 saturated heterocycles. The second kappa shape index (κ2) is 7.56. The van der Waals surface area contributed by atoms with Crippen LogP contribution in [0, 0.1) is 0 Å². The highest BCUT2D eigenvalue weighted by molar-refractivity contribution is 7.99. The van der Waals surface area contributed by atoms with Gasteiger partial charge in [-0.2, -0.15) is 0 Å². The van der Waals surface area contributed by atoms with Gasteiger partial charge < -0.3 is 14.4 Å². The van der Waals surface area contributed by atoms with E-state index < -0.39 is 0 Å². The summed E-state index contributed by atoms with van der Waals surface area (Å²) in [7, 11) is 1.67. The number of anilines is 1. The van der Waals surface area contributed by atoms with Gasteiger partial charge in [0.05, 0.1) is 13.7 Å². The zero-order valence-corrected chi connectivity index (χ0v) is 15.4. The molecule has 0 bridgehead atoms. The Kier molecular flexibility index (Phi) is 5.01. The fourth-order valence-electron chi connectivity index (χ4n) is 3.12. The zero-order chi connectivity index (χ0) is 17.1. The average Bonchev–Trinajstić information content (AvgIpc) is 3.17. The van der Waals surface area contributed by atoms with Gasteiger partial charge in [0.1, 0.15) is 11.5 Å². The fraction of sp³-hybridized carbons (Fsp3) is 0.556. The van der Waals surface area contributed by atoms with Crippen LogP contribution in [0.25, 0.3) is 0 Å². The van der Waals surface area contributed by atoms with Crippen LogP contribution in [0.5, 0.6) is 11.5 Å². The molecule has 0 atom stereocenters. The van der Waals surface area contributed by atoms with Gasteiger partial charge in [0.2, 0.25) is 5.95 Å². The van der Waals surface area contributed by atoms with Gasteiger partial charge in [-0.25, -0.2) is 0 Å². The summed E-state index contributed by atoms with van der Waals surface area (Å²) < 4.78 is 13.3. The van der Waals surface area contributed by atoms with Crippen LogP contribution in [0.3, 0.4) is 0 Å². The average molecular weight is 360 g/mol. The van der Waals surface area contributed by atoms with Crippen molar-refractivity contribution in [2.24, 2.45) is 0 Å². The molecule has 1 aromatic heterocycles. The Labute approximate surface area is 152 Å². The minimum atomic E-state index is 0.593. The summed E-state index contributed by atoms with van der Waals surface area (Å²) in [5.41, 5.74) is 0. The SMILES string of the molecule is COc1ccc(OCCSc2nnc(N3CCCC3)n2C2CC2)cc1. The van der Waals surface area contributed by atoms with E-state index in [4.69, 9.17) is 9.47 Å². The predicted octanol–water partition coefficient (Wildman–Crippen LogP) is 3.39. The smallest absolute Gasteiger partial charge is 0.228 e. The first-order valence-corrected chi connectivity index (χ1v) is 9.93. The standard InChI is InChI=1S/C18H24N4O2S/c1-23-15-6-8-16(9-7-15)24-12-13-25-18-20-19-17(21-10-2-3-11-21)22(18)14-4-5-14/h6-9,14H,2-5,10-13H2,1H3. The Morgan fingerprint density at radius 1 is 1.08 bits per heavy atom. The number of aromatic nitrogens is 3. The van der Waals surface area contributed by atoms with Gasteiger partial charge >= 0.3 is 0 Å². The maximum atomic E-state index is 5.81. The number of benzene rings is 1. The Morgan fingerprint density at radius 2 is 1.80 bits per heavy atom. The van der Waals surface area contributed by atoms with Crippen LogP contribution >= 0.6 is 11.8 Å². The van der Waals surface area contributed by atoms with Crippen molar-refractivity contribution >= 4 is 17.7 Å². The summed E-state index contributed by atoms with van der Waals surface area (Å²) in [6.45, 7) is 2.86. The molecular formula is C18H24N4O2S. The molecule has 25 heavy (non-hydrogen) atoms. The van der Waals surface area contributed by atoms with Gasteiger partial charge in [0.25, 0.3) is 0 Å². The number of thioether (sulfide) groups is 1. The summed E-state index contributed by atoms with van der Waals surface area (Å²) in [4.78, 5) is 2.38. The lowest BCUT2D eigenvalue weighted by molar-refractivity contribution is 0.342. The minimum Gasteiger partial charge on any atom is -0.497 e. The molecule has 0 radical (unpaired) electrons. The van der Waals surface area contributed by atoms with Crippen LogP contribution in [0.15, 0.2) is 29.4 Å². The van der Waals surface area contributed by atoms with E-state index in [0.29, 0.717) is 12.6 Å². The van der Waals surface area contributed by atoms with Crippen molar-refractivity contribution in [3.05, 3.63) is 24.3 Å². The van der Waals surface area contributed by atoms with E-state index in [0.717, 1.165) is 41.4 Å². The summed E-state index contributed by atoms with van der Waals surface area (Å²) in [5, 5.41) is 9.96. The third-order valence-corrected chi connectivity index (χ3v) is 5.50.